The maximum Gasteiger partial charge on any atom is 0.0502 e. The Morgan fingerprint density at radius 2 is 2.09 bits per heavy atom. The van der Waals surface area contributed by atoms with Gasteiger partial charge in [0, 0.05) is 13.7 Å². The van der Waals surface area contributed by atoms with E-state index in [-0.39, 0.29) is 0 Å². The van der Waals surface area contributed by atoms with Crippen LogP contribution in [0.2, 0.25) is 0 Å². The van der Waals surface area contributed by atoms with Crippen molar-refractivity contribution >= 4 is 0 Å². The molecule has 0 radical (unpaired) electrons. The molecule has 68 valence electrons. The largest absolute Gasteiger partial charge is 0.384 e. The third kappa shape index (κ3) is 6.32. The van der Waals surface area contributed by atoms with Crippen molar-refractivity contribution in [1.82, 2.24) is 5.32 Å². The zero-order valence-corrected chi connectivity index (χ0v) is 8.02. The first-order chi connectivity index (χ1) is 5.35. The molecule has 0 aliphatic carbocycles. The third-order valence-electron chi connectivity index (χ3n) is 1.84. The van der Waals surface area contributed by atoms with Crippen molar-refractivity contribution in [1.29, 1.82) is 0 Å². The number of methoxy groups -OCH3 is 1. The lowest BCUT2D eigenvalue weighted by Crippen LogP contribution is -2.25. The summed E-state index contributed by atoms with van der Waals surface area (Å²) >= 11 is 0. The molecule has 1 atom stereocenters. The van der Waals surface area contributed by atoms with Gasteiger partial charge in [-0.25, -0.2) is 0 Å². The van der Waals surface area contributed by atoms with E-state index < -0.39 is 0 Å². The molecule has 0 spiro atoms. The van der Waals surface area contributed by atoms with E-state index in [0.29, 0.717) is 5.92 Å². The normalized spacial score (nSPS) is 13.4. The van der Waals surface area contributed by atoms with Crippen LogP contribution in [0.4, 0.5) is 0 Å². The van der Waals surface area contributed by atoms with Gasteiger partial charge in [0.15, 0.2) is 0 Å². The summed E-state index contributed by atoms with van der Waals surface area (Å²) in [5.74, 6) is 0.687. The molecule has 0 aliphatic heterocycles. The molecule has 1 N–H and O–H groups in total. The van der Waals surface area contributed by atoms with Gasteiger partial charge >= 0.3 is 0 Å². The Morgan fingerprint density at radius 3 is 2.55 bits per heavy atom. The summed E-state index contributed by atoms with van der Waals surface area (Å²) in [6, 6.07) is 0. The molecule has 0 saturated carbocycles. The fraction of sp³-hybridized carbons (Fsp3) is 1.00. The maximum atomic E-state index is 5.09. The quantitative estimate of drug-likeness (QED) is 0.570. The minimum absolute atomic E-state index is 0.687. The summed E-state index contributed by atoms with van der Waals surface area (Å²) < 4.78 is 5.09. The van der Waals surface area contributed by atoms with E-state index in [2.05, 4.69) is 19.2 Å². The number of ether oxygens (including phenoxy) is 1. The predicted octanol–water partition coefficient (Wildman–Crippen LogP) is 1.66. The van der Waals surface area contributed by atoms with Crippen LogP contribution in [0, 0.1) is 5.92 Å². The van der Waals surface area contributed by atoms with Crippen molar-refractivity contribution in [2.45, 2.75) is 26.7 Å². The van der Waals surface area contributed by atoms with Crippen LogP contribution in [0.1, 0.15) is 26.7 Å². The first kappa shape index (κ1) is 10.9. The second-order valence-corrected chi connectivity index (χ2v) is 2.93. The lowest BCUT2D eigenvalue weighted by molar-refractivity contribution is 0.149. The topological polar surface area (TPSA) is 21.3 Å². The van der Waals surface area contributed by atoms with Gasteiger partial charge in [0.25, 0.3) is 0 Å². The number of hydrogen-bond acceptors (Lipinski definition) is 2. The van der Waals surface area contributed by atoms with Crippen LogP contribution in [0.25, 0.3) is 0 Å². The van der Waals surface area contributed by atoms with Crippen molar-refractivity contribution in [3.8, 4) is 0 Å². The van der Waals surface area contributed by atoms with Gasteiger partial charge < -0.3 is 10.1 Å². The monoisotopic (exact) mass is 159 g/mol. The molecule has 0 rings (SSSR count). The molecular formula is C9H21NO. The SMILES string of the molecule is CCCNCC(CC)COC. The first-order valence-electron chi connectivity index (χ1n) is 4.54. The van der Waals surface area contributed by atoms with Crippen LogP contribution < -0.4 is 5.32 Å². The van der Waals surface area contributed by atoms with Crippen LogP contribution in [0.5, 0.6) is 0 Å². The van der Waals surface area contributed by atoms with Gasteiger partial charge in [0.1, 0.15) is 0 Å². The third-order valence-corrected chi connectivity index (χ3v) is 1.84. The summed E-state index contributed by atoms with van der Waals surface area (Å²) in [5.41, 5.74) is 0. The van der Waals surface area contributed by atoms with Crippen molar-refractivity contribution in [3.63, 3.8) is 0 Å². The van der Waals surface area contributed by atoms with Crippen molar-refractivity contribution in [2.24, 2.45) is 5.92 Å². The van der Waals surface area contributed by atoms with Gasteiger partial charge in [0.2, 0.25) is 0 Å². The Bertz CT molecular complexity index is 76.0. The lowest BCUT2D eigenvalue weighted by atomic mass is 10.1. The van der Waals surface area contributed by atoms with E-state index in [0.717, 1.165) is 19.7 Å². The summed E-state index contributed by atoms with van der Waals surface area (Å²) in [7, 11) is 1.77. The molecule has 0 aromatic heterocycles. The Balaban J connectivity index is 3.20. The first-order valence-corrected chi connectivity index (χ1v) is 4.54. The molecule has 0 fully saturated rings. The van der Waals surface area contributed by atoms with Crippen LogP contribution in [-0.2, 0) is 4.74 Å². The number of rotatable bonds is 7. The highest BCUT2D eigenvalue weighted by Crippen LogP contribution is 2.00. The Morgan fingerprint density at radius 1 is 1.36 bits per heavy atom. The van der Waals surface area contributed by atoms with Crippen molar-refractivity contribution in [3.05, 3.63) is 0 Å². The smallest absolute Gasteiger partial charge is 0.0502 e. The average Bonchev–Trinajstić information content (AvgIpc) is 2.03. The van der Waals surface area contributed by atoms with E-state index >= 15 is 0 Å². The molecule has 1 unspecified atom stereocenters. The second kappa shape index (κ2) is 8.02. The van der Waals surface area contributed by atoms with Gasteiger partial charge in [-0.15, -0.1) is 0 Å². The standard InChI is InChI=1S/C9H21NO/c1-4-6-10-7-9(5-2)8-11-3/h9-10H,4-8H2,1-3H3. The van der Waals surface area contributed by atoms with Gasteiger partial charge in [-0.1, -0.05) is 13.8 Å². The van der Waals surface area contributed by atoms with E-state index in [9.17, 15) is 0 Å². The second-order valence-electron chi connectivity index (χ2n) is 2.93. The van der Waals surface area contributed by atoms with Crippen LogP contribution in [-0.4, -0.2) is 26.8 Å². The molecule has 0 heterocycles. The lowest BCUT2D eigenvalue weighted by Gasteiger charge is -2.13. The molecule has 2 nitrogen and oxygen atoms in total. The molecular weight excluding hydrogens is 138 g/mol. The zero-order chi connectivity index (χ0) is 8.53. The van der Waals surface area contributed by atoms with E-state index in [1.807, 2.05) is 0 Å². The fourth-order valence-electron chi connectivity index (χ4n) is 1.04. The Kier molecular flexibility index (Phi) is 7.96. The molecule has 0 aromatic carbocycles. The summed E-state index contributed by atoms with van der Waals surface area (Å²) in [6.07, 6.45) is 2.41. The molecule has 0 aliphatic rings. The molecule has 2 heteroatoms. The number of nitrogens with one attached hydrogen (secondary N) is 1. The minimum Gasteiger partial charge on any atom is -0.384 e. The Hall–Kier alpha value is -0.0800. The maximum absolute atomic E-state index is 5.09. The molecule has 0 saturated heterocycles. The van der Waals surface area contributed by atoms with Gasteiger partial charge in [-0.3, -0.25) is 0 Å². The fourth-order valence-corrected chi connectivity index (χ4v) is 1.04. The molecule has 0 bridgehead atoms. The van der Waals surface area contributed by atoms with E-state index in [4.69, 9.17) is 4.74 Å². The molecule has 0 aromatic rings. The van der Waals surface area contributed by atoms with Gasteiger partial charge in [-0.05, 0) is 25.3 Å². The Labute approximate surface area is 70.3 Å². The van der Waals surface area contributed by atoms with Crippen LogP contribution >= 0.6 is 0 Å². The summed E-state index contributed by atoms with van der Waals surface area (Å²) in [6.45, 7) is 7.49. The van der Waals surface area contributed by atoms with Crippen molar-refractivity contribution < 1.29 is 4.74 Å². The number of hydrogen-bond donors (Lipinski definition) is 1. The predicted molar refractivity (Wildman–Crippen MR) is 48.8 cm³/mol. The van der Waals surface area contributed by atoms with Gasteiger partial charge in [0.05, 0.1) is 6.61 Å². The zero-order valence-electron chi connectivity index (χ0n) is 8.02. The summed E-state index contributed by atoms with van der Waals surface area (Å²) in [5, 5.41) is 3.39. The van der Waals surface area contributed by atoms with Gasteiger partial charge in [-0.2, -0.15) is 0 Å². The molecule has 11 heavy (non-hydrogen) atoms. The van der Waals surface area contributed by atoms with Crippen LogP contribution in [0.3, 0.4) is 0 Å². The molecule has 0 amide bonds. The summed E-state index contributed by atoms with van der Waals surface area (Å²) in [4.78, 5) is 0. The van der Waals surface area contributed by atoms with Crippen molar-refractivity contribution in [2.75, 3.05) is 26.8 Å². The van der Waals surface area contributed by atoms with Crippen LogP contribution in [0.15, 0.2) is 0 Å². The van der Waals surface area contributed by atoms with E-state index in [1.54, 1.807) is 7.11 Å². The highest BCUT2D eigenvalue weighted by molar-refractivity contribution is 4.58. The van der Waals surface area contributed by atoms with E-state index in [1.165, 1.54) is 12.8 Å². The highest BCUT2D eigenvalue weighted by Gasteiger charge is 2.03. The average molecular weight is 159 g/mol. The highest BCUT2D eigenvalue weighted by atomic mass is 16.5. The minimum atomic E-state index is 0.687.